The summed E-state index contributed by atoms with van der Waals surface area (Å²) in [6.07, 6.45) is 0.761. The van der Waals surface area contributed by atoms with Crippen LogP contribution in [-0.2, 0) is 0 Å². The van der Waals surface area contributed by atoms with Crippen LogP contribution in [0.2, 0.25) is 0 Å². The number of pyridine rings is 1. The van der Waals surface area contributed by atoms with Crippen LogP contribution in [0.1, 0.15) is 30.6 Å². The molecule has 1 aromatic heterocycles. The fourth-order valence-corrected chi connectivity index (χ4v) is 1.71. The van der Waals surface area contributed by atoms with Crippen LogP contribution >= 0.6 is 0 Å². The van der Waals surface area contributed by atoms with E-state index in [1.165, 1.54) is 6.07 Å². The summed E-state index contributed by atoms with van der Waals surface area (Å²) in [7, 11) is 0. The third-order valence-corrected chi connectivity index (χ3v) is 2.47. The molecule has 0 radical (unpaired) electrons. The molecule has 0 aliphatic rings. The Morgan fingerprint density at radius 2 is 2.17 bits per heavy atom. The van der Waals surface area contributed by atoms with Gasteiger partial charge < -0.3 is 16.2 Å². The number of nitrogens with one attached hydrogen (secondary N) is 2. The Bertz CT molecular complexity index is 468. The van der Waals surface area contributed by atoms with Crippen molar-refractivity contribution in [1.82, 2.24) is 10.3 Å². The smallest absolute Gasteiger partial charge is 0.251 e. The summed E-state index contributed by atoms with van der Waals surface area (Å²) in [5.74, 6) is -0.334. The minimum atomic E-state index is -0.520. The number of rotatable bonds is 5. The Balaban J connectivity index is 2.77. The fraction of sp³-hybridized carbons (Fsp3) is 0.500. The van der Waals surface area contributed by atoms with E-state index in [2.05, 4.69) is 10.3 Å². The number of carbonyl (C=O) groups is 1. The lowest BCUT2D eigenvalue weighted by Crippen LogP contribution is -2.41. The van der Waals surface area contributed by atoms with Gasteiger partial charge in [-0.1, -0.05) is 13.8 Å². The van der Waals surface area contributed by atoms with Gasteiger partial charge in [0.1, 0.15) is 0 Å². The van der Waals surface area contributed by atoms with Gasteiger partial charge >= 0.3 is 0 Å². The average molecular weight is 253 g/mol. The zero-order valence-electron chi connectivity index (χ0n) is 10.6. The highest BCUT2D eigenvalue weighted by atomic mass is 16.3. The number of amides is 1. The third-order valence-electron chi connectivity index (χ3n) is 2.47. The Morgan fingerprint density at radius 1 is 1.50 bits per heavy atom. The Morgan fingerprint density at radius 3 is 2.67 bits per heavy atom. The number of hydrogen-bond acceptors (Lipinski definition) is 4. The van der Waals surface area contributed by atoms with Gasteiger partial charge in [-0.15, -0.1) is 0 Å². The molecule has 0 aromatic carbocycles. The van der Waals surface area contributed by atoms with Crippen molar-refractivity contribution in [3.05, 3.63) is 28.0 Å². The summed E-state index contributed by atoms with van der Waals surface area (Å²) in [6, 6.07) is 2.21. The molecule has 1 atom stereocenters. The largest absolute Gasteiger partial charge is 0.494 e. The van der Waals surface area contributed by atoms with Crippen LogP contribution in [0, 0.1) is 5.92 Å². The molecular formula is C12H19N3O3. The number of H-pyrrole nitrogens is 1. The van der Waals surface area contributed by atoms with Crippen LogP contribution in [0.15, 0.2) is 16.9 Å². The van der Waals surface area contributed by atoms with E-state index in [1.54, 1.807) is 0 Å². The van der Waals surface area contributed by atoms with Crippen molar-refractivity contribution in [2.24, 2.45) is 11.7 Å². The number of aromatic nitrogens is 1. The highest BCUT2D eigenvalue weighted by molar-refractivity contribution is 5.94. The highest BCUT2D eigenvalue weighted by Gasteiger charge is 2.14. The molecule has 1 rings (SSSR count). The van der Waals surface area contributed by atoms with Crippen molar-refractivity contribution < 1.29 is 9.90 Å². The van der Waals surface area contributed by atoms with Crippen molar-refractivity contribution in [3.8, 4) is 5.88 Å². The van der Waals surface area contributed by atoms with E-state index in [0.29, 0.717) is 12.5 Å². The molecule has 5 N–H and O–H groups in total. The van der Waals surface area contributed by atoms with Gasteiger partial charge in [-0.3, -0.25) is 14.6 Å². The Labute approximate surface area is 105 Å². The maximum absolute atomic E-state index is 11.9. The van der Waals surface area contributed by atoms with Crippen LogP contribution in [-0.4, -0.2) is 28.6 Å². The van der Waals surface area contributed by atoms with Crippen LogP contribution in [0.4, 0.5) is 0 Å². The first-order chi connectivity index (χ1) is 8.42. The van der Waals surface area contributed by atoms with Crippen molar-refractivity contribution >= 4 is 5.91 Å². The van der Waals surface area contributed by atoms with Gasteiger partial charge in [0.25, 0.3) is 11.5 Å². The second-order valence-electron chi connectivity index (χ2n) is 4.65. The van der Waals surface area contributed by atoms with Crippen LogP contribution < -0.4 is 16.6 Å². The first-order valence-electron chi connectivity index (χ1n) is 5.86. The van der Waals surface area contributed by atoms with Gasteiger partial charge in [0.05, 0.1) is 5.56 Å². The predicted octanol–water partition coefficient (Wildman–Crippen LogP) is 0.184. The molecule has 100 valence electrons. The molecule has 0 aliphatic heterocycles. The van der Waals surface area contributed by atoms with Gasteiger partial charge in [-0.05, 0) is 12.3 Å². The van der Waals surface area contributed by atoms with Crippen molar-refractivity contribution in [1.29, 1.82) is 0 Å². The van der Waals surface area contributed by atoms with E-state index in [-0.39, 0.29) is 17.5 Å². The van der Waals surface area contributed by atoms with Gasteiger partial charge in [-0.2, -0.15) is 0 Å². The van der Waals surface area contributed by atoms with E-state index in [4.69, 9.17) is 5.73 Å². The Kier molecular flexibility index (Phi) is 4.91. The second kappa shape index (κ2) is 6.20. The standard InChI is InChI=1S/C12H19N3O3/c1-7(2)3-9(6-13)14-12(18)8-4-10(16)15-11(17)5-8/h4-5,7,9H,3,6,13H2,1-2H3,(H,14,18)(H2,15,16,17). The molecule has 1 heterocycles. The summed E-state index contributed by atoms with van der Waals surface area (Å²) >= 11 is 0. The molecule has 6 heteroatoms. The number of aromatic amines is 1. The molecule has 0 aliphatic carbocycles. The maximum Gasteiger partial charge on any atom is 0.251 e. The summed E-state index contributed by atoms with van der Waals surface area (Å²) < 4.78 is 0. The van der Waals surface area contributed by atoms with E-state index in [1.807, 2.05) is 13.8 Å². The molecule has 1 aromatic rings. The third kappa shape index (κ3) is 4.21. The molecule has 0 saturated heterocycles. The van der Waals surface area contributed by atoms with Crippen LogP contribution in [0.25, 0.3) is 0 Å². The van der Waals surface area contributed by atoms with Crippen molar-refractivity contribution in [2.45, 2.75) is 26.3 Å². The number of hydrogen-bond donors (Lipinski definition) is 4. The van der Waals surface area contributed by atoms with E-state index in [9.17, 15) is 14.7 Å². The monoisotopic (exact) mass is 253 g/mol. The summed E-state index contributed by atoms with van der Waals surface area (Å²) in [5, 5.41) is 12.0. The first kappa shape index (κ1) is 14.2. The average Bonchev–Trinajstić information content (AvgIpc) is 2.26. The molecule has 6 nitrogen and oxygen atoms in total. The summed E-state index contributed by atoms with van der Waals surface area (Å²) in [6.45, 7) is 4.40. The van der Waals surface area contributed by atoms with Gasteiger partial charge in [0, 0.05) is 24.7 Å². The lowest BCUT2D eigenvalue weighted by atomic mass is 10.0. The van der Waals surface area contributed by atoms with Crippen molar-refractivity contribution in [2.75, 3.05) is 6.54 Å². The quantitative estimate of drug-likeness (QED) is 0.600. The van der Waals surface area contributed by atoms with Gasteiger partial charge in [0.15, 0.2) is 5.88 Å². The molecule has 0 fully saturated rings. The highest BCUT2D eigenvalue weighted by Crippen LogP contribution is 2.07. The SMILES string of the molecule is CC(C)CC(CN)NC(=O)c1cc(O)[nH]c(=O)c1. The van der Waals surface area contributed by atoms with E-state index in [0.717, 1.165) is 12.5 Å². The minimum Gasteiger partial charge on any atom is -0.494 e. The zero-order valence-corrected chi connectivity index (χ0v) is 10.6. The molecule has 1 unspecified atom stereocenters. The molecular weight excluding hydrogens is 234 g/mol. The Hall–Kier alpha value is -1.82. The van der Waals surface area contributed by atoms with Crippen LogP contribution in [0.5, 0.6) is 5.88 Å². The number of nitrogens with two attached hydrogens (primary N) is 1. The summed E-state index contributed by atoms with van der Waals surface area (Å²) in [4.78, 5) is 25.2. The van der Waals surface area contributed by atoms with Gasteiger partial charge in [-0.25, -0.2) is 0 Å². The van der Waals surface area contributed by atoms with Crippen molar-refractivity contribution in [3.63, 3.8) is 0 Å². The van der Waals surface area contributed by atoms with E-state index < -0.39 is 11.5 Å². The fourth-order valence-electron chi connectivity index (χ4n) is 1.71. The normalized spacial score (nSPS) is 12.4. The maximum atomic E-state index is 11.9. The first-order valence-corrected chi connectivity index (χ1v) is 5.86. The minimum absolute atomic E-state index is 0.124. The van der Waals surface area contributed by atoms with Crippen LogP contribution in [0.3, 0.4) is 0 Å². The number of carbonyl (C=O) groups excluding carboxylic acids is 1. The lowest BCUT2D eigenvalue weighted by molar-refractivity contribution is 0.0933. The zero-order chi connectivity index (χ0) is 13.7. The topological polar surface area (TPSA) is 108 Å². The molecule has 1 amide bonds. The predicted molar refractivity (Wildman–Crippen MR) is 68.5 cm³/mol. The molecule has 18 heavy (non-hydrogen) atoms. The van der Waals surface area contributed by atoms with Gasteiger partial charge in [0.2, 0.25) is 0 Å². The molecule has 0 spiro atoms. The van der Waals surface area contributed by atoms with E-state index >= 15 is 0 Å². The number of aromatic hydroxyl groups is 1. The summed E-state index contributed by atoms with van der Waals surface area (Å²) in [5.41, 5.74) is 5.18. The lowest BCUT2D eigenvalue weighted by Gasteiger charge is -2.18. The molecule has 0 bridgehead atoms. The molecule has 0 saturated carbocycles. The second-order valence-corrected chi connectivity index (χ2v) is 4.65.